The first-order valence-electron chi connectivity index (χ1n) is 7.61. The number of carbonyl (C=O) groups is 1. The number of nitrogens with one attached hydrogen (secondary N) is 1. The number of rotatable bonds is 5. The van der Waals surface area contributed by atoms with E-state index in [1.807, 2.05) is 0 Å². The van der Waals surface area contributed by atoms with Crippen molar-refractivity contribution >= 4 is 23.4 Å². The lowest BCUT2D eigenvalue weighted by atomic mass is 10.1. The van der Waals surface area contributed by atoms with Gasteiger partial charge in [0, 0.05) is 17.8 Å². The number of furan rings is 1. The molecule has 0 bridgehead atoms. The molecule has 0 aliphatic heterocycles. The molecule has 0 aliphatic carbocycles. The number of anilines is 1. The molecule has 130 valence electrons. The van der Waals surface area contributed by atoms with Gasteiger partial charge in [-0.15, -0.1) is 0 Å². The smallest absolute Gasteiger partial charge is 0.280 e. The van der Waals surface area contributed by atoms with Gasteiger partial charge in [-0.1, -0.05) is 12.1 Å². The number of hydrogen-bond donors (Lipinski definition) is 1. The normalized spacial score (nSPS) is 10.8. The van der Waals surface area contributed by atoms with Crippen molar-refractivity contribution in [1.82, 2.24) is 0 Å². The van der Waals surface area contributed by atoms with E-state index in [4.69, 9.17) is 4.42 Å². The van der Waals surface area contributed by atoms with E-state index < -0.39 is 16.6 Å². The van der Waals surface area contributed by atoms with Crippen LogP contribution in [0.1, 0.15) is 5.76 Å². The maximum absolute atomic E-state index is 12.8. The molecule has 0 saturated heterocycles. The second-order valence-corrected chi connectivity index (χ2v) is 5.31. The molecule has 0 atom stereocenters. The van der Waals surface area contributed by atoms with E-state index in [0.29, 0.717) is 22.8 Å². The summed E-state index contributed by atoms with van der Waals surface area (Å²) in [5, 5.41) is 13.7. The monoisotopic (exact) mass is 352 g/mol. The number of nitro groups is 1. The first-order valence-corrected chi connectivity index (χ1v) is 7.61. The molecule has 2 aromatic carbocycles. The van der Waals surface area contributed by atoms with Gasteiger partial charge in [0.15, 0.2) is 0 Å². The number of nitro benzene ring substituents is 1. The molecule has 3 rings (SSSR count). The first-order chi connectivity index (χ1) is 12.5. The Kier molecular flexibility index (Phi) is 4.89. The van der Waals surface area contributed by atoms with Crippen LogP contribution in [-0.2, 0) is 4.79 Å². The SMILES string of the molecule is O=C(C=Cc1ccc(-c2ccccc2[N+](=O)[O-])o1)Nc1ccc(F)cc1. The number of nitrogens with zero attached hydrogens (tertiary/aromatic N) is 1. The van der Waals surface area contributed by atoms with Crippen molar-refractivity contribution in [3.8, 4) is 11.3 Å². The molecule has 3 aromatic rings. The highest BCUT2D eigenvalue weighted by atomic mass is 19.1. The molecule has 1 N–H and O–H groups in total. The van der Waals surface area contributed by atoms with Gasteiger partial charge in [-0.2, -0.15) is 0 Å². The second-order valence-electron chi connectivity index (χ2n) is 5.31. The third kappa shape index (κ3) is 4.02. The zero-order valence-electron chi connectivity index (χ0n) is 13.4. The quantitative estimate of drug-likeness (QED) is 0.411. The number of benzene rings is 2. The van der Waals surface area contributed by atoms with Crippen molar-refractivity contribution in [2.45, 2.75) is 0 Å². The van der Waals surface area contributed by atoms with Gasteiger partial charge in [-0.25, -0.2) is 4.39 Å². The zero-order chi connectivity index (χ0) is 18.5. The minimum atomic E-state index is -0.483. The van der Waals surface area contributed by atoms with Crippen LogP contribution in [0.2, 0.25) is 0 Å². The molecular weight excluding hydrogens is 339 g/mol. The summed E-state index contributed by atoms with van der Waals surface area (Å²) >= 11 is 0. The summed E-state index contributed by atoms with van der Waals surface area (Å²) in [6.07, 6.45) is 2.70. The van der Waals surface area contributed by atoms with E-state index in [0.717, 1.165) is 0 Å². The van der Waals surface area contributed by atoms with Gasteiger partial charge < -0.3 is 9.73 Å². The summed E-state index contributed by atoms with van der Waals surface area (Å²) in [7, 11) is 0. The largest absolute Gasteiger partial charge is 0.456 e. The van der Waals surface area contributed by atoms with Crippen LogP contribution in [0, 0.1) is 15.9 Å². The van der Waals surface area contributed by atoms with Crippen molar-refractivity contribution in [3.05, 3.63) is 88.4 Å². The summed E-state index contributed by atoms with van der Waals surface area (Å²) in [5.41, 5.74) is 0.750. The summed E-state index contributed by atoms with van der Waals surface area (Å²) in [4.78, 5) is 22.5. The summed E-state index contributed by atoms with van der Waals surface area (Å²) < 4.78 is 18.4. The summed E-state index contributed by atoms with van der Waals surface area (Å²) in [6, 6.07) is 14.8. The number of para-hydroxylation sites is 1. The molecule has 0 fully saturated rings. The highest BCUT2D eigenvalue weighted by Gasteiger charge is 2.16. The summed E-state index contributed by atoms with van der Waals surface area (Å²) in [6.45, 7) is 0. The van der Waals surface area contributed by atoms with Crippen LogP contribution in [0.5, 0.6) is 0 Å². The lowest BCUT2D eigenvalue weighted by molar-refractivity contribution is -0.384. The predicted molar refractivity (Wildman–Crippen MR) is 94.9 cm³/mol. The molecule has 0 saturated carbocycles. The van der Waals surface area contributed by atoms with Crippen LogP contribution < -0.4 is 5.32 Å². The van der Waals surface area contributed by atoms with Crippen molar-refractivity contribution in [3.63, 3.8) is 0 Å². The molecule has 6 nitrogen and oxygen atoms in total. The maximum Gasteiger partial charge on any atom is 0.280 e. The summed E-state index contributed by atoms with van der Waals surface area (Å²) in [5.74, 6) is -0.111. The van der Waals surface area contributed by atoms with Gasteiger partial charge in [0.25, 0.3) is 5.69 Å². The fraction of sp³-hybridized carbons (Fsp3) is 0. The third-order valence-corrected chi connectivity index (χ3v) is 3.50. The average molecular weight is 352 g/mol. The Labute approximate surface area is 147 Å². The van der Waals surface area contributed by atoms with Crippen molar-refractivity contribution in [2.75, 3.05) is 5.32 Å². The predicted octanol–water partition coefficient (Wildman–Crippen LogP) is 4.65. The van der Waals surface area contributed by atoms with Crippen LogP contribution in [0.25, 0.3) is 17.4 Å². The Morgan fingerprint density at radius 2 is 1.81 bits per heavy atom. The molecule has 0 spiro atoms. The minimum absolute atomic E-state index is 0.0635. The lowest BCUT2D eigenvalue weighted by Gasteiger charge is -2.01. The standard InChI is InChI=1S/C19H13FN2O4/c20-13-5-7-14(8-6-13)21-19(23)12-10-15-9-11-18(26-15)16-3-1-2-4-17(16)22(24)25/h1-12H,(H,21,23). The molecular formula is C19H13FN2O4. The fourth-order valence-electron chi connectivity index (χ4n) is 2.30. The Balaban J connectivity index is 1.72. The van der Waals surface area contributed by atoms with Gasteiger partial charge in [0.2, 0.25) is 5.91 Å². The molecule has 0 unspecified atom stereocenters. The van der Waals surface area contributed by atoms with E-state index in [1.54, 1.807) is 30.3 Å². The Hall–Kier alpha value is -3.74. The molecule has 7 heteroatoms. The van der Waals surface area contributed by atoms with Crippen molar-refractivity contribution < 1.29 is 18.5 Å². The van der Waals surface area contributed by atoms with Crippen LogP contribution in [-0.4, -0.2) is 10.8 Å². The lowest BCUT2D eigenvalue weighted by Crippen LogP contribution is -2.07. The fourth-order valence-corrected chi connectivity index (χ4v) is 2.30. The first kappa shape index (κ1) is 17.1. The molecule has 1 amide bonds. The molecule has 0 aliphatic rings. The van der Waals surface area contributed by atoms with Gasteiger partial charge in [0.1, 0.15) is 17.3 Å². The molecule has 26 heavy (non-hydrogen) atoms. The van der Waals surface area contributed by atoms with Gasteiger partial charge >= 0.3 is 0 Å². The number of carbonyl (C=O) groups excluding carboxylic acids is 1. The van der Waals surface area contributed by atoms with Crippen LogP contribution in [0.3, 0.4) is 0 Å². The minimum Gasteiger partial charge on any atom is -0.456 e. The van der Waals surface area contributed by atoms with E-state index in [1.165, 1.54) is 42.5 Å². The number of hydrogen-bond acceptors (Lipinski definition) is 4. The molecule has 0 radical (unpaired) electrons. The topological polar surface area (TPSA) is 85.4 Å². The van der Waals surface area contributed by atoms with E-state index in [9.17, 15) is 19.3 Å². The van der Waals surface area contributed by atoms with Crippen LogP contribution in [0.4, 0.5) is 15.8 Å². The Morgan fingerprint density at radius 3 is 2.54 bits per heavy atom. The van der Waals surface area contributed by atoms with E-state index in [-0.39, 0.29) is 5.69 Å². The highest BCUT2D eigenvalue weighted by Crippen LogP contribution is 2.31. The second kappa shape index (κ2) is 7.43. The van der Waals surface area contributed by atoms with Gasteiger partial charge in [-0.05, 0) is 48.5 Å². The van der Waals surface area contributed by atoms with Crippen molar-refractivity contribution in [2.24, 2.45) is 0 Å². The Bertz CT molecular complexity index is 977. The van der Waals surface area contributed by atoms with Crippen LogP contribution in [0.15, 0.2) is 71.2 Å². The van der Waals surface area contributed by atoms with E-state index in [2.05, 4.69) is 5.32 Å². The number of halogens is 1. The average Bonchev–Trinajstić information content (AvgIpc) is 3.11. The molecule has 1 aromatic heterocycles. The van der Waals surface area contributed by atoms with Crippen molar-refractivity contribution in [1.29, 1.82) is 0 Å². The highest BCUT2D eigenvalue weighted by molar-refractivity contribution is 6.01. The Morgan fingerprint density at radius 1 is 1.08 bits per heavy atom. The van der Waals surface area contributed by atoms with Gasteiger partial charge in [0.05, 0.1) is 10.5 Å². The number of amides is 1. The van der Waals surface area contributed by atoms with E-state index >= 15 is 0 Å². The molecule has 1 heterocycles. The maximum atomic E-state index is 12.8. The third-order valence-electron chi connectivity index (χ3n) is 3.50. The zero-order valence-corrected chi connectivity index (χ0v) is 13.4. The van der Waals surface area contributed by atoms with Gasteiger partial charge in [-0.3, -0.25) is 14.9 Å². The van der Waals surface area contributed by atoms with Crippen LogP contribution >= 0.6 is 0 Å².